The number of nitriles is 1. The fraction of sp³-hybridized carbons (Fsp3) is 0.385. The monoisotopic (exact) mass is 244 g/mol. The molecule has 0 saturated carbocycles. The van der Waals surface area contributed by atoms with Crippen molar-refractivity contribution in [3.05, 3.63) is 23.8 Å². The van der Waals surface area contributed by atoms with E-state index in [4.69, 9.17) is 14.7 Å². The Labute approximate surface area is 105 Å². The third kappa shape index (κ3) is 1.66. The van der Waals surface area contributed by atoms with E-state index >= 15 is 0 Å². The first-order valence-corrected chi connectivity index (χ1v) is 5.90. The second kappa shape index (κ2) is 4.22. The molecular weight excluding hydrogens is 232 g/mol. The fourth-order valence-electron chi connectivity index (χ4n) is 2.34. The molecule has 0 aromatic heterocycles. The number of rotatable bonds is 1. The lowest BCUT2D eigenvalue weighted by molar-refractivity contribution is 0.0764. The number of benzene rings is 1. The zero-order valence-electron chi connectivity index (χ0n) is 9.76. The van der Waals surface area contributed by atoms with Gasteiger partial charge < -0.3 is 14.4 Å². The van der Waals surface area contributed by atoms with Crippen molar-refractivity contribution in [3.8, 4) is 17.6 Å². The molecule has 1 fully saturated rings. The Kier molecular flexibility index (Phi) is 2.56. The normalized spacial score (nSPS) is 20.8. The van der Waals surface area contributed by atoms with Gasteiger partial charge in [-0.2, -0.15) is 5.26 Å². The van der Waals surface area contributed by atoms with E-state index in [-0.39, 0.29) is 18.7 Å². The molecule has 92 valence electrons. The van der Waals surface area contributed by atoms with Gasteiger partial charge in [0.1, 0.15) is 6.04 Å². The van der Waals surface area contributed by atoms with Gasteiger partial charge in [-0.05, 0) is 31.0 Å². The lowest BCUT2D eigenvalue weighted by atomic mass is 10.1. The number of nitrogens with zero attached hydrogens (tertiary/aromatic N) is 2. The van der Waals surface area contributed by atoms with E-state index in [2.05, 4.69) is 6.07 Å². The Bertz CT molecular complexity index is 536. The predicted molar refractivity (Wildman–Crippen MR) is 62.2 cm³/mol. The Balaban J connectivity index is 1.87. The van der Waals surface area contributed by atoms with Crippen molar-refractivity contribution in [1.82, 2.24) is 4.90 Å². The van der Waals surface area contributed by atoms with Crippen LogP contribution >= 0.6 is 0 Å². The molecule has 5 heteroatoms. The Morgan fingerprint density at radius 2 is 2.22 bits per heavy atom. The summed E-state index contributed by atoms with van der Waals surface area (Å²) in [6.07, 6.45) is 1.64. The molecule has 0 aliphatic carbocycles. The number of hydrogen-bond donors (Lipinski definition) is 0. The van der Waals surface area contributed by atoms with Crippen LogP contribution in [-0.4, -0.2) is 30.2 Å². The maximum atomic E-state index is 12.3. The summed E-state index contributed by atoms with van der Waals surface area (Å²) in [5.41, 5.74) is 0.543. The van der Waals surface area contributed by atoms with Crippen molar-refractivity contribution in [2.45, 2.75) is 18.9 Å². The molecular formula is C13H12N2O3. The van der Waals surface area contributed by atoms with E-state index < -0.39 is 0 Å². The van der Waals surface area contributed by atoms with Gasteiger partial charge in [0.15, 0.2) is 11.5 Å². The Morgan fingerprint density at radius 1 is 1.39 bits per heavy atom. The topological polar surface area (TPSA) is 62.6 Å². The van der Waals surface area contributed by atoms with Crippen LogP contribution in [0.15, 0.2) is 18.2 Å². The summed E-state index contributed by atoms with van der Waals surface area (Å²) >= 11 is 0. The maximum Gasteiger partial charge on any atom is 0.255 e. The highest BCUT2D eigenvalue weighted by Crippen LogP contribution is 2.33. The lowest BCUT2D eigenvalue weighted by Crippen LogP contribution is -2.34. The third-order valence-electron chi connectivity index (χ3n) is 3.28. The largest absolute Gasteiger partial charge is 0.454 e. The minimum Gasteiger partial charge on any atom is -0.454 e. The van der Waals surface area contributed by atoms with Gasteiger partial charge in [0.25, 0.3) is 5.91 Å². The standard InChI is InChI=1S/C13H12N2O3/c14-7-10-2-1-5-15(10)13(16)9-3-4-11-12(6-9)18-8-17-11/h3-4,6,10H,1-2,5,8H2. The number of hydrogen-bond acceptors (Lipinski definition) is 4. The van der Waals surface area contributed by atoms with Gasteiger partial charge in [-0.3, -0.25) is 4.79 Å². The van der Waals surface area contributed by atoms with Crippen LogP contribution in [0.25, 0.3) is 0 Å². The molecule has 1 unspecified atom stereocenters. The van der Waals surface area contributed by atoms with Gasteiger partial charge in [0, 0.05) is 12.1 Å². The number of likely N-dealkylation sites (tertiary alicyclic amines) is 1. The van der Waals surface area contributed by atoms with Crippen LogP contribution in [0.5, 0.6) is 11.5 Å². The zero-order chi connectivity index (χ0) is 12.5. The predicted octanol–water partition coefficient (Wildman–Crippen LogP) is 1.54. The summed E-state index contributed by atoms with van der Waals surface area (Å²) < 4.78 is 10.4. The van der Waals surface area contributed by atoms with Crippen molar-refractivity contribution < 1.29 is 14.3 Å². The number of carbonyl (C=O) groups is 1. The van der Waals surface area contributed by atoms with Crippen LogP contribution in [0.1, 0.15) is 23.2 Å². The molecule has 0 radical (unpaired) electrons. The molecule has 0 N–H and O–H groups in total. The van der Waals surface area contributed by atoms with Crippen molar-refractivity contribution in [3.63, 3.8) is 0 Å². The first kappa shape index (κ1) is 10.9. The Hall–Kier alpha value is -2.22. The van der Waals surface area contributed by atoms with Crippen LogP contribution in [0, 0.1) is 11.3 Å². The van der Waals surface area contributed by atoms with Crippen molar-refractivity contribution >= 4 is 5.91 Å². The smallest absolute Gasteiger partial charge is 0.255 e. The molecule has 1 aromatic carbocycles. The van der Waals surface area contributed by atoms with Gasteiger partial charge in [-0.1, -0.05) is 0 Å². The van der Waals surface area contributed by atoms with E-state index in [1.54, 1.807) is 23.1 Å². The fourth-order valence-corrected chi connectivity index (χ4v) is 2.34. The molecule has 1 saturated heterocycles. The quantitative estimate of drug-likeness (QED) is 0.751. The average molecular weight is 244 g/mol. The number of fused-ring (bicyclic) bond motifs is 1. The van der Waals surface area contributed by atoms with E-state index in [0.29, 0.717) is 23.6 Å². The zero-order valence-corrected chi connectivity index (χ0v) is 9.76. The van der Waals surface area contributed by atoms with Gasteiger partial charge >= 0.3 is 0 Å². The molecule has 2 heterocycles. The van der Waals surface area contributed by atoms with Gasteiger partial charge in [0.05, 0.1) is 6.07 Å². The van der Waals surface area contributed by atoms with Gasteiger partial charge in [-0.25, -0.2) is 0 Å². The average Bonchev–Trinajstić information content (AvgIpc) is 3.05. The highest BCUT2D eigenvalue weighted by atomic mass is 16.7. The molecule has 5 nitrogen and oxygen atoms in total. The molecule has 0 bridgehead atoms. The van der Waals surface area contributed by atoms with E-state index in [9.17, 15) is 4.79 Å². The van der Waals surface area contributed by atoms with Crippen molar-refractivity contribution in [2.24, 2.45) is 0 Å². The second-order valence-corrected chi connectivity index (χ2v) is 4.35. The second-order valence-electron chi connectivity index (χ2n) is 4.35. The number of carbonyl (C=O) groups excluding carboxylic acids is 1. The lowest BCUT2D eigenvalue weighted by Gasteiger charge is -2.19. The van der Waals surface area contributed by atoms with Gasteiger partial charge in [-0.15, -0.1) is 0 Å². The van der Waals surface area contributed by atoms with Crippen molar-refractivity contribution in [2.75, 3.05) is 13.3 Å². The van der Waals surface area contributed by atoms with Crippen LogP contribution in [0.3, 0.4) is 0 Å². The van der Waals surface area contributed by atoms with Crippen LogP contribution < -0.4 is 9.47 Å². The van der Waals surface area contributed by atoms with E-state index in [0.717, 1.165) is 12.8 Å². The number of amides is 1. The maximum absolute atomic E-state index is 12.3. The molecule has 1 amide bonds. The summed E-state index contributed by atoms with van der Waals surface area (Å²) in [5, 5.41) is 9.00. The molecule has 18 heavy (non-hydrogen) atoms. The third-order valence-corrected chi connectivity index (χ3v) is 3.28. The first-order chi connectivity index (χ1) is 8.79. The SMILES string of the molecule is N#CC1CCCN1C(=O)c1ccc2c(c1)OCO2. The molecule has 3 rings (SSSR count). The molecule has 1 aromatic rings. The molecule has 2 aliphatic heterocycles. The minimum absolute atomic E-state index is 0.114. The summed E-state index contributed by atoms with van der Waals surface area (Å²) in [4.78, 5) is 13.9. The van der Waals surface area contributed by atoms with Gasteiger partial charge in [0.2, 0.25) is 6.79 Å². The molecule has 0 spiro atoms. The highest BCUT2D eigenvalue weighted by Gasteiger charge is 2.30. The van der Waals surface area contributed by atoms with E-state index in [1.807, 2.05) is 0 Å². The van der Waals surface area contributed by atoms with Crippen molar-refractivity contribution in [1.29, 1.82) is 5.26 Å². The van der Waals surface area contributed by atoms with E-state index in [1.165, 1.54) is 0 Å². The summed E-state index contributed by atoms with van der Waals surface area (Å²) in [7, 11) is 0. The van der Waals surface area contributed by atoms with Crippen LogP contribution in [0.2, 0.25) is 0 Å². The first-order valence-electron chi connectivity index (χ1n) is 5.90. The van der Waals surface area contributed by atoms with Crippen LogP contribution in [-0.2, 0) is 0 Å². The van der Waals surface area contributed by atoms with Crippen LogP contribution in [0.4, 0.5) is 0 Å². The summed E-state index contributed by atoms with van der Waals surface area (Å²) in [6.45, 7) is 0.836. The molecule has 2 aliphatic rings. The summed E-state index contributed by atoms with van der Waals surface area (Å²) in [5.74, 6) is 1.13. The number of ether oxygens (including phenoxy) is 2. The molecule has 1 atom stereocenters. The minimum atomic E-state index is -0.303. The summed E-state index contributed by atoms with van der Waals surface area (Å²) in [6, 6.07) is 6.98. The Morgan fingerprint density at radius 3 is 3.06 bits per heavy atom. The highest BCUT2D eigenvalue weighted by molar-refractivity contribution is 5.95.